The SMILES string of the molecule is Cc1c(CN2CC3CN(C(=O)Cn4ncnn4)CC3(CCC(=O)O)C2)cnn1C.O=CO. The van der Waals surface area contributed by atoms with Crippen LogP contribution in [0.4, 0.5) is 0 Å². The van der Waals surface area contributed by atoms with E-state index in [0.717, 1.165) is 25.3 Å². The van der Waals surface area contributed by atoms with Crippen molar-refractivity contribution in [2.75, 3.05) is 26.2 Å². The first-order chi connectivity index (χ1) is 15.3. The Labute approximate surface area is 184 Å². The lowest BCUT2D eigenvalue weighted by Crippen LogP contribution is -2.38. The number of carboxylic acids is 1. The number of nitrogens with zero attached hydrogens (tertiary/aromatic N) is 8. The Hall–Kier alpha value is -3.35. The second-order valence-electron chi connectivity index (χ2n) is 8.35. The summed E-state index contributed by atoms with van der Waals surface area (Å²) < 4.78 is 1.87. The van der Waals surface area contributed by atoms with E-state index in [1.807, 2.05) is 22.8 Å². The maximum absolute atomic E-state index is 12.7. The summed E-state index contributed by atoms with van der Waals surface area (Å²) in [6.07, 6.45) is 3.89. The predicted octanol–water partition coefficient (Wildman–Crippen LogP) is -0.759. The molecule has 2 fully saturated rings. The smallest absolute Gasteiger partial charge is 0.303 e. The molecule has 0 saturated carbocycles. The van der Waals surface area contributed by atoms with Gasteiger partial charge in [-0.05, 0) is 24.5 Å². The number of carbonyl (C=O) groups excluding carboxylic acids is 1. The third-order valence-electron chi connectivity index (χ3n) is 6.42. The van der Waals surface area contributed by atoms with Gasteiger partial charge in [-0.15, -0.1) is 10.2 Å². The van der Waals surface area contributed by atoms with E-state index >= 15 is 0 Å². The van der Waals surface area contributed by atoms with Crippen molar-refractivity contribution in [1.82, 2.24) is 39.8 Å². The largest absolute Gasteiger partial charge is 0.483 e. The number of aliphatic carboxylic acids is 1. The lowest BCUT2D eigenvalue weighted by atomic mass is 9.77. The molecule has 174 valence electrons. The van der Waals surface area contributed by atoms with Crippen LogP contribution in [0.15, 0.2) is 12.5 Å². The summed E-state index contributed by atoms with van der Waals surface area (Å²) in [4.78, 5) is 37.8. The normalized spacial score (nSPS) is 22.3. The molecule has 4 rings (SSSR count). The number of rotatable bonds is 7. The molecule has 0 aromatic carbocycles. The molecule has 1 amide bonds. The molecule has 2 saturated heterocycles. The minimum atomic E-state index is -0.795. The third kappa shape index (κ3) is 5.10. The van der Waals surface area contributed by atoms with Gasteiger partial charge in [0.05, 0.1) is 6.20 Å². The molecule has 0 bridgehead atoms. The Bertz CT molecular complexity index is 946. The molecule has 13 heteroatoms. The van der Waals surface area contributed by atoms with Gasteiger partial charge in [0.15, 0.2) is 6.33 Å². The molecular weight excluding hydrogens is 420 g/mol. The standard InChI is InChI=1S/C18H26N8O3.CH2O2/c1-13-14(5-20-23(13)2)6-24-7-15-8-25(16(27)9-26-21-12-19-22-26)11-18(15,10-24)4-3-17(28)29;2-1-3/h5,12,15H,3-4,6-11H2,1-2H3,(H,28,29);1H,(H,2,3). The van der Waals surface area contributed by atoms with Crippen molar-refractivity contribution in [3.63, 3.8) is 0 Å². The summed E-state index contributed by atoms with van der Waals surface area (Å²) in [5.41, 5.74) is 2.13. The predicted molar refractivity (Wildman–Crippen MR) is 109 cm³/mol. The Morgan fingerprint density at radius 3 is 2.62 bits per heavy atom. The van der Waals surface area contributed by atoms with Gasteiger partial charge in [0.25, 0.3) is 6.47 Å². The van der Waals surface area contributed by atoms with Crippen LogP contribution in [0.1, 0.15) is 24.1 Å². The van der Waals surface area contributed by atoms with Crippen molar-refractivity contribution < 1.29 is 24.6 Å². The monoisotopic (exact) mass is 448 g/mol. The number of aryl methyl sites for hydroxylation is 1. The molecule has 2 aromatic heterocycles. The number of aromatic nitrogens is 6. The summed E-state index contributed by atoms with van der Waals surface area (Å²) in [7, 11) is 1.93. The number of hydrogen-bond acceptors (Lipinski definition) is 8. The first kappa shape index (κ1) is 23.3. The van der Waals surface area contributed by atoms with Gasteiger partial charge in [-0.1, -0.05) is 0 Å². The molecule has 2 unspecified atom stereocenters. The van der Waals surface area contributed by atoms with E-state index in [9.17, 15) is 14.7 Å². The quantitative estimate of drug-likeness (QED) is 0.515. The highest BCUT2D eigenvalue weighted by Crippen LogP contribution is 2.46. The molecular formula is C19H28N8O5. The zero-order chi connectivity index (χ0) is 23.3. The topological polar surface area (TPSA) is 160 Å². The van der Waals surface area contributed by atoms with E-state index < -0.39 is 5.97 Å². The molecule has 2 aliphatic rings. The minimum Gasteiger partial charge on any atom is -0.483 e. The minimum absolute atomic E-state index is 0.0539. The molecule has 0 spiro atoms. The highest BCUT2D eigenvalue weighted by atomic mass is 16.4. The molecule has 2 N–H and O–H groups in total. The summed E-state index contributed by atoms with van der Waals surface area (Å²) in [6.45, 7) is 5.49. The van der Waals surface area contributed by atoms with Crippen molar-refractivity contribution >= 4 is 18.3 Å². The lowest BCUT2D eigenvalue weighted by molar-refractivity contribution is -0.137. The zero-order valence-electron chi connectivity index (χ0n) is 18.2. The van der Waals surface area contributed by atoms with Crippen LogP contribution >= 0.6 is 0 Å². The van der Waals surface area contributed by atoms with Crippen molar-refractivity contribution in [2.45, 2.75) is 32.9 Å². The van der Waals surface area contributed by atoms with E-state index in [1.165, 1.54) is 16.7 Å². The second kappa shape index (κ2) is 9.85. The highest BCUT2D eigenvalue weighted by molar-refractivity contribution is 5.76. The van der Waals surface area contributed by atoms with Gasteiger partial charge in [0.2, 0.25) is 5.91 Å². The number of hydrogen-bond donors (Lipinski definition) is 2. The summed E-state index contributed by atoms with van der Waals surface area (Å²) in [5.74, 6) is -0.593. The van der Waals surface area contributed by atoms with E-state index in [-0.39, 0.29) is 36.7 Å². The van der Waals surface area contributed by atoms with Gasteiger partial charge in [0.1, 0.15) is 6.54 Å². The van der Waals surface area contributed by atoms with E-state index in [1.54, 1.807) is 0 Å². The maximum Gasteiger partial charge on any atom is 0.303 e. The van der Waals surface area contributed by atoms with Crippen molar-refractivity contribution in [2.24, 2.45) is 18.4 Å². The summed E-state index contributed by atoms with van der Waals surface area (Å²) in [5, 5.41) is 31.7. The number of amides is 1. The van der Waals surface area contributed by atoms with E-state index in [2.05, 4.69) is 32.3 Å². The molecule has 32 heavy (non-hydrogen) atoms. The number of likely N-dealkylation sites (tertiary alicyclic amines) is 2. The highest BCUT2D eigenvalue weighted by Gasteiger charge is 2.53. The Morgan fingerprint density at radius 1 is 1.28 bits per heavy atom. The third-order valence-corrected chi connectivity index (χ3v) is 6.42. The molecule has 0 aliphatic carbocycles. The van der Waals surface area contributed by atoms with Gasteiger partial charge in [-0.3, -0.25) is 24.0 Å². The molecule has 0 radical (unpaired) electrons. The Morgan fingerprint density at radius 2 is 2.03 bits per heavy atom. The van der Waals surface area contributed by atoms with Gasteiger partial charge in [-0.25, -0.2) is 0 Å². The fourth-order valence-electron chi connectivity index (χ4n) is 4.74. The average Bonchev–Trinajstić information content (AvgIpc) is 3.49. The van der Waals surface area contributed by atoms with Crippen LogP contribution in [-0.2, 0) is 34.5 Å². The zero-order valence-corrected chi connectivity index (χ0v) is 18.2. The molecule has 2 atom stereocenters. The van der Waals surface area contributed by atoms with Crippen LogP contribution < -0.4 is 0 Å². The number of fused-ring (bicyclic) bond motifs is 1. The average molecular weight is 448 g/mol. The summed E-state index contributed by atoms with van der Waals surface area (Å²) >= 11 is 0. The second-order valence-corrected chi connectivity index (χ2v) is 8.35. The fraction of sp³-hybridized carbons (Fsp3) is 0.632. The van der Waals surface area contributed by atoms with Crippen LogP contribution in [-0.4, -0.2) is 94.5 Å². The van der Waals surface area contributed by atoms with Crippen molar-refractivity contribution in [3.05, 3.63) is 23.8 Å². The first-order valence-corrected chi connectivity index (χ1v) is 10.3. The van der Waals surface area contributed by atoms with Gasteiger partial charge in [-0.2, -0.15) is 9.90 Å². The number of carboxylic acid groups (broad SMARTS) is 2. The van der Waals surface area contributed by atoms with Crippen LogP contribution in [0.2, 0.25) is 0 Å². The van der Waals surface area contributed by atoms with Gasteiger partial charge < -0.3 is 15.1 Å². The fourth-order valence-corrected chi connectivity index (χ4v) is 4.74. The van der Waals surface area contributed by atoms with E-state index in [0.29, 0.717) is 19.5 Å². The Kier molecular flexibility index (Phi) is 7.18. The first-order valence-electron chi connectivity index (χ1n) is 10.3. The number of tetrazole rings is 1. The van der Waals surface area contributed by atoms with Crippen LogP contribution in [0.3, 0.4) is 0 Å². The maximum atomic E-state index is 12.7. The lowest BCUT2D eigenvalue weighted by Gasteiger charge is -2.29. The van der Waals surface area contributed by atoms with Crippen LogP contribution in [0.25, 0.3) is 0 Å². The molecule has 2 aliphatic heterocycles. The Balaban J connectivity index is 0.000000913. The van der Waals surface area contributed by atoms with Crippen LogP contribution in [0, 0.1) is 18.3 Å². The van der Waals surface area contributed by atoms with Gasteiger partial charge in [0, 0.05) is 62.9 Å². The van der Waals surface area contributed by atoms with Crippen LogP contribution in [0.5, 0.6) is 0 Å². The van der Waals surface area contributed by atoms with Crippen molar-refractivity contribution in [1.29, 1.82) is 0 Å². The van der Waals surface area contributed by atoms with E-state index in [4.69, 9.17) is 9.90 Å². The molecule has 13 nitrogen and oxygen atoms in total. The summed E-state index contributed by atoms with van der Waals surface area (Å²) in [6, 6.07) is 0. The number of carbonyl (C=O) groups is 3. The molecule has 4 heterocycles. The van der Waals surface area contributed by atoms with Crippen molar-refractivity contribution in [3.8, 4) is 0 Å². The van der Waals surface area contributed by atoms with Gasteiger partial charge >= 0.3 is 5.97 Å². The molecule has 2 aromatic rings.